The van der Waals surface area contributed by atoms with Gasteiger partial charge in [0, 0.05) is 12.1 Å². The number of halogens is 3. The predicted molar refractivity (Wildman–Crippen MR) is 91.1 cm³/mol. The summed E-state index contributed by atoms with van der Waals surface area (Å²) in [4.78, 5) is 24.0. The zero-order valence-corrected chi connectivity index (χ0v) is 14.0. The lowest BCUT2D eigenvalue weighted by atomic mass is 10.1. The van der Waals surface area contributed by atoms with Crippen molar-refractivity contribution in [2.45, 2.75) is 18.7 Å². The molecule has 2 amide bonds. The maximum absolute atomic E-state index is 12.6. The summed E-state index contributed by atoms with van der Waals surface area (Å²) in [5.41, 5.74) is 4.79. The Hall–Kier alpha value is -3.07. The second-order valence-corrected chi connectivity index (χ2v) is 5.84. The van der Waals surface area contributed by atoms with Gasteiger partial charge in [0.15, 0.2) is 0 Å². The van der Waals surface area contributed by atoms with Gasteiger partial charge < -0.3 is 10.1 Å². The third-order valence-corrected chi connectivity index (χ3v) is 3.95. The standard InChI is InChI=1S/C18H16F3N3O3/c19-18(20,21)11-5-7-12(8-6-11)22-14-4-2-1-3-13(14)16(25)23-24-17(26)15-9-10-27-15/h1-8,15,22H,9-10H2,(H,23,25)(H,24,26). The van der Waals surface area contributed by atoms with Crippen molar-refractivity contribution in [1.29, 1.82) is 0 Å². The summed E-state index contributed by atoms with van der Waals surface area (Å²) in [6.45, 7) is 0.506. The Bertz CT molecular complexity index is 834. The lowest BCUT2D eigenvalue weighted by Crippen LogP contribution is -2.50. The van der Waals surface area contributed by atoms with Crippen molar-refractivity contribution in [2.75, 3.05) is 11.9 Å². The van der Waals surface area contributed by atoms with Crippen LogP contribution in [0.5, 0.6) is 0 Å². The largest absolute Gasteiger partial charge is 0.416 e. The van der Waals surface area contributed by atoms with Crippen LogP contribution in [0.2, 0.25) is 0 Å². The van der Waals surface area contributed by atoms with Crippen LogP contribution in [-0.2, 0) is 15.7 Å². The van der Waals surface area contributed by atoms with Crippen LogP contribution in [0.25, 0.3) is 0 Å². The summed E-state index contributed by atoms with van der Waals surface area (Å²) in [5.74, 6) is -1.01. The molecule has 1 aliphatic heterocycles. The third kappa shape index (κ3) is 4.56. The highest BCUT2D eigenvalue weighted by molar-refractivity contribution is 6.01. The number of anilines is 2. The SMILES string of the molecule is O=C(NNC(=O)C1CCO1)c1ccccc1Nc1ccc(C(F)(F)F)cc1. The molecule has 6 nitrogen and oxygen atoms in total. The molecule has 1 unspecified atom stereocenters. The summed E-state index contributed by atoms with van der Waals surface area (Å²) >= 11 is 0. The van der Waals surface area contributed by atoms with E-state index in [0.717, 1.165) is 12.1 Å². The summed E-state index contributed by atoms with van der Waals surface area (Å²) in [6, 6.07) is 10.9. The number of para-hydroxylation sites is 1. The number of amides is 2. The van der Waals surface area contributed by atoms with Crippen LogP contribution in [-0.4, -0.2) is 24.5 Å². The van der Waals surface area contributed by atoms with Gasteiger partial charge in [-0.15, -0.1) is 0 Å². The second kappa shape index (κ2) is 7.67. The number of hydrogen-bond donors (Lipinski definition) is 3. The molecule has 1 saturated heterocycles. The molecule has 9 heteroatoms. The molecule has 0 bridgehead atoms. The first-order valence-electron chi connectivity index (χ1n) is 8.10. The van der Waals surface area contributed by atoms with Gasteiger partial charge in [0.25, 0.3) is 11.8 Å². The Kier molecular flexibility index (Phi) is 5.31. The lowest BCUT2D eigenvalue weighted by molar-refractivity contribution is -0.145. The molecule has 1 atom stereocenters. The lowest BCUT2D eigenvalue weighted by Gasteiger charge is -2.25. The van der Waals surface area contributed by atoms with Gasteiger partial charge in [-0.3, -0.25) is 20.4 Å². The van der Waals surface area contributed by atoms with E-state index in [1.165, 1.54) is 18.2 Å². The minimum absolute atomic E-state index is 0.215. The molecule has 0 saturated carbocycles. The van der Waals surface area contributed by atoms with Gasteiger partial charge in [-0.05, 0) is 36.4 Å². The fourth-order valence-corrected chi connectivity index (χ4v) is 2.40. The fraction of sp³-hybridized carbons (Fsp3) is 0.222. The van der Waals surface area contributed by atoms with Crippen molar-refractivity contribution in [3.63, 3.8) is 0 Å². The van der Waals surface area contributed by atoms with Gasteiger partial charge in [0.2, 0.25) is 0 Å². The van der Waals surface area contributed by atoms with Gasteiger partial charge >= 0.3 is 6.18 Å². The van der Waals surface area contributed by atoms with Gasteiger partial charge in [-0.2, -0.15) is 13.2 Å². The molecule has 0 spiro atoms. The molecule has 0 aliphatic carbocycles. The minimum atomic E-state index is -4.42. The maximum Gasteiger partial charge on any atom is 0.416 e. The van der Waals surface area contributed by atoms with Gasteiger partial charge in [0.1, 0.15) is 6.10 Å². The highest BCUT2D eigenvalue weighted by Crippen LogP contribution is 2.30. The van der Waals surface area contributed by atoms with E-state index in [-0.39, 0.29) is 5.56 Å². The van der Waals surface area contributed by atoms with Crippen LogP contribution in [0.3, 0.4) is 0 Å². The average Bonchev–Trinajstić information content (AvgIpc) is 2.58. The molecule has 142 valence electrons. The molecule has 27 heavy (non-hydrogen) atoms. The van der Waals surface area contributed by atoms with E-state index in [1.807, 2.05) is 0 Å². The number of hydrazine groups is 1. The molecule has 0 radical (unpaired) electrons. The zero-order chi connectivity index (χ0) is 19.4. The summed E-state index contributed by atoms with van der Waals surface area (Å²) < 4.78 is 42.9. The van der Waals surface area contributed by atoms with Crippen molar-refractivity contribution in [2.24, 2.45) is 0 Å². The highest BCUT2D eigenvalue weighted by Gasteiger charge is 2.30. The average molecular weight is 379 g/mol. The van der Waals surface area contributed by atoms with E-state index < -0.39 is 29.7 Å². The molecule has 3 N–H and O–H groups in total. The van der Waals surface area contributed by atoms with Crippen molar-refractivity contribution < 1.29 is 27.5 Å². The summed E-state index contributed by atoms with van der Waals surface area (Å²) in [7, 11) is 0. The van der Waals surface area contributed by atoms with E-state index in [0.29, 0.717) is 24.4 Å². The first-order chi connectivity index (χ1) is 12.8. The maximum atomic E-state index is 12.6. The van der Waals surface area contributed by atoms with Crippen LogP contribution < -0.4 is 16.2 Å². The second-order valence-electron chi connectivity index (χ2n) is 5.84. The molecule has 2 aromatic carbocycles. The minimum Gasteiger partial charge on any atom is -0.368 e. The molecule has 0 aromatic heterocycles. The quantitative estimate of drug-likeness (QED) is 0.714. The van der Waals surface area contributed by atoms with Crippen LogP contribution in [0.4, 0.5) is 24.5 Å². The Morgan fingerprint density at radius 2 is 1.67 bits per heavy atom. The fourth-order valence-electron chi connectivity index (χ4n) is 2.40. The molecular formula is C18H16F3N3O3. The normalized spacial score (nSPS) is 16.2. The van der Waals surface area contributed by atoms with Crippen molar-refractivity contribution in [1.82, 2.24) is 10.9 Å². The van der Waals surface area contributed by atoms with Crippen molar-refractivity contribution >= 4 is 23.2 Å². The zero-order valence-electron chi connectivity index (χ0n) is 14.0. The monoisotopic (exact) mass is 379 g/mol. The molecule has 1 heterocycles. The Morgan fingerprint density at radius 3 is 2.26 bits per heavy atom. The van der Waals surface area contributed by atoms with E-state index >= 15 is 0 Å². The Morgan fingerprint density at radius 1 is 1.00 bits per heavy atom. The van der Waals surface area contributed by atoms with Crippen LogP contribution in [0, 0.1) is 0 Å². The Labute approximate surface area is 152 Å². The summed E-state index contributed by atoms with van der Waals surface area (Å²) in [6.07, 6.45) is -4.39. The number of benzene rings is 2. The molecule has 3 rings (SSSR count). The van der Waals surface area contributed by atoms with Crippen LogP contribution >= 0.6 is 0 Å². The number of carbonyl (C=O) groups is 2. The van der Waals surface area contributed by atoms with Crippen LogP contribution in [0.15, 0.2) is 48.5 Å². The summed E-state index contributed by atoms with van der Waals surface area (Å²) in [5, 5.41) is 2.90. The smallest absolute Gasteiger partial charge is 0.368 e. The van der Waals surface area contributed by atoms with Gasteiger partial charge in [-0.1, -0.05) is 12.1 Å². The first-order valence-corrected chi connectivity index (χ1v) is 8.10. The van der Waals surface area contributed by atoms with E-state index in [4.69, 9.17) is 4.74 Å². The molecule has 1 fully saturated rings. The van der Waals surface area contributed by atoms with Crippen molar-refractivity contribution in [3.05, 3.63) is 59.7 Å². The number of ether oxygens (including phenoxy) is 1. The number of carbonyl (C=O) groups excluding carboxylic acids is 2. The van der Waals surface area contributed by atoms with Crippen LogP contribution in [0.1, 0.15) is 22.3 Å². The highest BCUT2D eigenvalue weighted by atomic mass is 19.4. The van der Waals surface area contributed by atoms with Crippen molar-refractivity contribution in [3.8, 4) is 0 Å². The topological polar surface area (TPSA) is 79.5 Å². The van der Waals surface area contributed by atoms with E-state index in [1.54, 1.807) is 18.2 Å². The molecular weight excluding hydrogens is 363 g/mol. The predicted octanol–water partition coefficient (Wildman–Crippen LogP) is 3.00. The van der Waals surface area contributed by atoms with Gasteiger partial charge in [-0.25, -0.2) is 0 Å². The third-order valence-electron chi connectivity index (χ3n) is 3.95. The first kappa shape index (κ1) is 18.7. The number of nitrogens with one attached hydrogen (secondary N) is 3. The Balaban J connectivity index is 1.68. The van der Waals surface area contributed by atoms with E-state index in [2.05, 4.69) is 16.2 Å². The number of alkyl halides is 3. The molecule has 1 aliphatic rings. The van der Waals surface area contributed by atoms with E-state index in [9.17, 15) is 22.8 Å². The number of hydrogen-bond acceptors (Lipinski definition) is 4. The number of rotatable bonds is 4. The molecule has 2 aromatic rings. The van der Waals surface area contributed by atoms with Gasteiger partial charge in [0.05, 0.1) is 23.4 Å².